The summed E-state index contributed by atoms with van der Waals surface area (Å²) in [7, 11) is 0. The Kier molecular flexibility index (Phi) is 4.21. The van der Waals surface area contributed by atoms with Crippen molar-refractivity contribution in [1.82, 2.24) is 10.2 Å². The smallest absolute Gasteiger partial charge is 0.317 e. The van der Waals surface area contributed by atoms with Gasteiger partial charge in [0.2, 0.25) is 0 Å². The van der Waals surface area contributed by atoms with Gasteiger partial charge in [-0.2, -0.15) is 0 Å². The molecule has 1 aromatic rings. The Hall–Kier alpha value is -1.82. The number of nitrogens with one attached hydrogen (secondary N) is 1. The van der Waals surface area contributed by atoms with Crippen molar-refractivity contribution in [2.24, 2.45) is 5.73 Å². The molecule has 1 saturated heterocycles. The van der Waals surface area contributed by atoms with Gasteiger partial charge in [0, 0.05) is 30.8 Å². The molecule has 0 saturated carbocycles. The van der Waals surface area contributed by atoms with Gasteiger partial charge in [-0.25, -0.2) is 9.18 Å². The van der Waals surface area contributed by atoms with Crippen molar-refractivity contribution in [2.45, 2.75) is 13.0 Å². The Morgan fingerprint density at radius 3 is 2.95 bits per heavy atom. The van der Waals surface area contributed by atoms with Crippen LogP contribution < -0.4 is 15.8 Å². The lowest BCUT2D eigenvalue weighted by Gasteiger charge is -2.15. The van der Waals surface area contributed by atoms with Crippen LogP contribution in [0.4, 0.5) is 9.18 Å². The monoisotopic (exact) mass is 267 g/mol. The van der Waals surface area contributed by atoms with Crippen LogP contribution in [0.5, 0.6) is 5.75 Å². The van der Waals surface area contributed by atoms with Crippen LogP contribution in [0, 0.1) is 5.82 Å². The number of benzene rings is 1. The molecule has 1 fully saturated rings. The molecule has 2 amide bonds. The molecule has 6 heteroatoms. The first-order chi connectivity index (χ1) is 9.08. The standard InChI is InChI=1S/C13H18FN3O2/c1-9(15)11-3-2-10(8-12(11)14)19-7-6-17-5-4-16-13(17)18/h2-3,8-9H,4-7,15H2,1H3,(H,16,18). The quantitative estimate of drug-likeness (QED) is 0.843. The van der Waals surface area contributed by atoms with Crippen LogP contribution in [0.2, 0.25) is 0 Å². The molecule has 3 N–H and O–H groups in total. The van der Waals surface area contributed by atoms with Gasteiger partial charge >= 0.3 is 6.03 Å². The van der Waals surface area contributed by atoms with E-state index in [1.807, 2.05) is 0 Å². The summed E-state index contributed by atoms with van der Waals surface area (Å²) in [4.78, 5) is 12.9. The molecule has 0 radical (unpaired) electrons. The Bertz CT molecular complexity index is 465. The predicted molar refractivity (Wildman–Crippen MR) is 69.5 cm³/mol. The van der Waals surface area contributed by atoms with Crippen molar-refractivity contribution in [1.29, 1.82) is 0 Å². The van der Waals surface area contributed by atoms with Crippen LogP contribution >= 0.6 is 0 Å². The number of amides is 2. The largest absolute Gasteiger partial charge is 0.492 e. The number of hydrogen-bond acceptors (Lipinski definition) is 3. The fraction of sp³-hybridized carbons (Fsp3) is 0.462. The van der Waals surface area contributed by atoms with Gasteiger partial charge in [0.25, 0.3) is 0 Å². The molecule has 0 spiro atoms. The van der Waals surface area contributed by atoms with Crippen molar-refractivity contribution >= 4 is 6.03 Å². The average Bonchev–Trinajstić information content (AvgIpc) is 2.75. The van der Waals surface area contributed by atoms with Crippen molar-refractivity contribution in [3.05, 3.63) is 29.6 Å². The molecule has 19 heavy (non-hydrogen) atoms. The summed E-state index contributed by atoms with van der Waals surface area (Å²) < 4.78 is 19.1. The summed E-state index contributed by atoms with van der Waals surface area (Å²) in [5.74, 6) is 0.0768. The van der Waals surface area contributed by atoms with E-state index in [2.05, 4.69) is 5.32 Å². The molecule has 1 heterocycles. The molecule has 1 unspecified atom stereocenters. The van der Waals surface area contributed by atoms with E-state index in [1.165, 1.54) is 6.07 Å². The fourth-order valence-electron chi connectivity index (χ4n) is 1.97. The highest BCUT2D eigenvalue weighted by atomic mass is 19.1. The van der Waals surface area contributed by atoms with Crippen LogP contribution in [0.3, 0.4) is 0 Å². The summed E-state index contributed by atoms with van der Waals surface area (Å²) in [6.45, 7) is 3.90. The molecular weight excluding hydrogens is 249 g/mol. The van der Waals surface area contributed by atoms with Crippen molar-refractivity contribution in [3.63, 3.8) is 0 Å². The van der Waals surface area contributed by atoms with Crippen LogP contribution in [0.15, 0.2) is 18.2 Å². The second-order valence-electron chi connectivity index (χ2n) is 4.54. The first-order valence-corrected chi connectivity index (χ1v) is 6.28. The second kappa shape index (κ2) is 5.88. The number of urea groups is 1. The summed E-state index contributed by atoms with van der Waals surface area (Å²) in [6, 6.07) is 4.20. The van der Waals surface area contributed by atoms with Crippen LogP contribution in [0.25, 0.3) is 0 Å². The van der Waals surface area contributed by atoms with E-state index in [0.29, 0.717) is 37.6 Å². The van der Waals surface area contributed by atoms with Gasteiger partial charge in [-0.15, -0.1) is 0 Å². The van der Waals surface area contributed by atoms with E-state index in [9.17, 15) is 9.18 Å². The third-order valence-electron chi connectivity index (χ3n) is 3.04. The number of ether oxygens (including phenoxy) is 1. The second-order valence-corrected chi connectivity index (χ2v) is 4.54. The van der Waals surface area contributed by atoms with E-state index in [4.69, 9.17) is 10.5 Å². The third kappa shape index (κ3) is 3.35. The first kappa shape index (κ1) is 13.6. The van der Waals surface area contributed by atoms with E-state index in [1.54, 1.807) is 24.0 Å². The number of carbonyl (C=O) groups is 1. The molecule has 0 bridgehead atoms. The minimum atomic E-state index is -0.369. The lowest BCUT2D eigenvalue weighted by atomic mass is 10.1. The van der Waals surface area contributed by atoms with Gasteiger partial charge in [-0.05, 0) is 13.0 Å². The lowest BCUT2D eigenvalue weighted by molar-refractivity contribution is 0.202. The summed E-state index contributed by atoms with van der Waals surface area (Å²) >= 11 is 0. The van der Waals surface area contributed by atoms with Gasteiger partial charge < -0.3 is 20.7 Å². The number of nitrogens with zero attached hydrogens (tertiary/aromatic N) is 1. The van der Waals surface area contributed by atoms with Crippen molar-refractivity contribution in [3.8, 4) is 5.75 Å². The maximum Gasteiger partial charge on any atom is 0.317 e. The van der Waals surface area contributed by atoms with Crippen LogP contribution in [0.1, 0.15) is 18.5 Å². The zero-order chi connectivity index (χ0) is 13.8. The average molecular weight is 267 g/mol. The number of hydrogen-bond donors (Lipinski definition) is 2. The van der Waals surface area contributed by atoms with Gasteiger partial charge in [-0.1, -0.05) is 6.07 Å². The molecule has 104 valence electrons. The van der Waals surface area contributed by atoms with Crippen LogP contribution in [-0.2, 0) is 0 Å². The summed E-state index contributed by atoms with van der Waals surface area (Å²) in [6.07, 6.45) is 0. The number of halogens is 1. The Labute approximate surface area is 111 Å². The topological polar surface area (TPSA) is 67.6 Å². The number of carbonyl (C=O) groups excluding carboxylic acids is 1. The SMILES string of the molecule is CC(N)c1ccc(OCCN2CCNC2=O)cc1F. The van der Waals surface area contributed by atoms with E-state index >= 15 is 0 Å². The highest BCUT2D eigenvalue weighted by Crippen LogP contribution is 2.20. The Balaban J connectivity index is 1.86. The molecule has 0 aromatic heterocycles. The van der Waals surface area contributed by atoms with Gasteiger partial charge in [0.1, 0.15) is 18.2 Å². The highest BCUT2D eigenvalue weighted by Gasteiger charge is 2.18. The molecule has 5 nitrogen and oxygen atoms in total. The maximum atomic E-state index is 13.7. The van der Waals surface area contributed by atoms with Crippen molar-refractivity contribution < 1.29 is 13.9 Å². The Morgan fingerprint density at radius 2 is 2.37 bits per heavy atom. The van der Waals surface area contributed by atoms with Gasteiger partial charge in [0.05, 0.1) is 6.54 Å². The maximum absolute atomic E-state index is 13.7. The first-order valence-electron chi connectivity index (χ1n) is 6.28. The van der Waals surface area contributed by atoms with Gasteiger partial charge in [-0.3, -0.25) is 0 Å². The molecule has 1 aliphatic rings. The molecule has 1 aromatic carbocycles. The third-order valence-corrected chi connectivity index (χ3v) is 3.04. The van der Waals surface area contributed by atoms with E-state index in [0.717, 1.165) is 0 Å². The highest BCUT2D eigenvalue weighted by molar-refractivity contribution is 5.76. The summed E-state index contributed by atoms with van der Waals surface area (Å²) in [5, 5.41) is 2.70. The van der Waals surface area contributed by atoms with E-state index < -0.39 is 0 Å². The fourth-order valence-corrected chi connectivity index (χ4v) is 1.97. The lowest BCUT2D eigenvalue weighted by Crippen LogP contribution is -2.31. The van der Waals surface area contributed by atoms with E-state index in [-0.39, 0.29) is 17.9 Å². The molecule has 0 aliphatic carbocycles. The molecular formula is C13H18FN3O2. The minimum Gasteiger partial charge on any atom is -0.492 e. The molecule has 2 rings (SSSR count). The van der Waals surface area contributed by atoms with Crippen LogP contribution in [-0.4, -0.2) is 37.2 Å². The molecule has 1 atom stereocenters. The normalized spacial score (nSPS) is 16.4. The zero-order valence-corrected chi connectivity index (χ0v) is 10.9. The molecule has 1 aliphatic heterocycles. The number of rotatable bonds is 5. The van der Waals surface area contributed by atoms with Crippen molar-refractivity contribution in [2.75, 3.05) is 26.2 Å². The Morgan fingerprint density at radius 1 is 1.58 bits per heavy atom. The zero-order valence-electron chi connectivity index (χ0n) is 10.9. The minimum absolute atomic E-state index is 0.0814. The summed E-state index contributed by atoms with van der Waals surface area (Å²) in [5.41, 5.74) is 6.09. The number of nitrogens with two attached hydrogens (primary N) is 1. The van der Waals surface area contributed by atoms with Gasteiger partial charge in [0.15, 0.2) is 0 Å². The predicted octanol–water partition coefficient (Wildman–Crippen LogP) is 1.25.